The molecule has 0 saturated carbocycles. The highest BCUT2D eigenvalue weighted by atomic mass is 16.5. The summed E-state index contributed by atoms with van der Waals surface area (Å²) in [6.07, 6.45) is -1.24. The van der Waals surface area contributed by atoms with E-state index in [1.54, 1.807) is 121 Å². The normalized spacial score (nSPS) is 11.6. The molecule has 1 heterocycles. The van der Waals surface area contributed by atoms with E-state index >= 15 is 0 Å². The second kappa shape index (κ2) is 20.9. The van der Waals surface area contributed by atoms with E-state index in [-0.39, 0.29) is 26.4 Å². The first kappa shape index (κ1) is 41.5. The summed E-state index contributed by atoms with van der Waals surface area (Å²) in [6.45, 7) is -0.485. The molecular weight excluding hydrogens is 748 g/mol. The van der Waals surface area contributed by atoms with Crippen LogP contribution >= 0.6 is 0 Å². The van der Waals surface area contributed by atoms with E-state index in [9.17, 15) is 28.8 Å². The highest BCUT2D eigenvalue weighted by Gasteiger charge is 2.31. The standard InChI is InChI=1S/C42H40N6O10/c43-37-35(39(51)45-31(41(53)57-25-29-17-9-3-10-18-29)21-33(49)55-23-27-13-5-1-6-14-27)47-38(44)36(48-37)40(52)46-32(42(54)58-26-30-19-11-4-12-20-30)22-34(50)56-24-28-15-7-2-8-16-28/h1-20,31-32H,21-26H2,(H2,44,47)(H2,43,48)(H,45,51)(H,46,52)/t31-,32-/m1/s1. The summed E-state index contributed by atoms with van der Waals surface area (Å²) in [5, 5.41) is 4.74. The molecule has 16 nitrogen and oxygen atoms in total. The van der Waals surface area contributed by atoms with Crippen molar-refractivity contribution in [2.24, 2.45) is 0 Å². The van der Waals surface area contributed by atoms with Gasteiger partial charge in [-0.2, -0.15) is 0 Å². The number of hydrogen-bond acceptors (Lipinski definition) is 14. The molecule has 16 heteroatoms. The van der Waals surface area contributed by atoms with Crippen LogP contribution in [0.2, 0.25) is 0 Å². The van der Waals surface area contributed by atoms with Gasteiger partial charge in [-0.1, -0.05) is 121 Å². The number of anilines is 2. The Hall–Kier alpha value is -7.62. The molecule has 58 heavy (non-hydrogen) atoms. The molecule has 298 valence electrons. The minimum atomic E-state index is -1.56. The zero-order chi connectivity index (χ0) is 41.3. The third kappa shape index (κ3) is 12.7. The molecule has 4 aromatic carbocycles. The molecule has 0 spiro atoms. The number of nitrogens with one attached hydrogen (secondary N) is 2. The van der Waals surface area contributed by atoms with Crippen molar-refractivity contribution in [1.29, 1.82) is 0 Å². The van der Waals surface area contributed by atoms with Crippen molar-refractivity contribution < 1.29 is 47.7 Å². The Kier molecular flexibility index (Phi) is 15.0. The van der Waals surface area contributed by atoms with Crippen LogP contribution < -0.4 is 22.1 Å². The molecular formula is C42H40N6O10. The molecule has 2 atom stereocenters. The fourth-order valence-corrected chi connectivity index (χ4v) is 5.22. The minimum absolute atomic E-state index is 0.0850. The predicted molar refractivity (Wildman–Crippen MR) is 208 cm³/mol. The lowest BCUT2D eigenvalue weighted by Gasteiger charge is -2.19. The third-order valence-electron chi connectivity index (χ3n) is 8.23. The highest BCUT2D eigenvalue weighted by Crippen LogP contribution is 2.16. The van der Waals surface area contributed by atoms with Gasteiger partial charge in [0.15, 0.2) is 23.0 Å². The summed E-state index contributed by atoms with van der Waals surface area (Å²) in [5.74, 6) is -6.91. The van der Waals surface area contributed by atoms with E-state index in [4.69, 9.17) is 30.4 Å². The fourth-order valence-electron chi connectivity index (χ4n) is 5.22. The molecule has 5 rings (SSSR count). The summed E-state index contributed by atoms with van der Waals surface area (Å²) >= 11 is 0. The molecule has 1 aromatic heterocycles. The van der Waals surface area contributed by atoms with E-state index in [1.165, 1.54) is 0 Å². The van der Waals surface area contributed by atoms with Crippen LogP contribution in [0.25, 0.3) is 0 Å². The predicted octanol–water partition coefficient (Wildman–Crippen LogP) is 3.59. The van der Waals surface area contributed by atoms with Gasteiger partial charge in [-0.05, 0) is 22.3 Å². The Balaban J connectivity index is 1.28. The Labute approximate surface area is 332 Å². The van der Waals surface area contributed by atoms with Crippen molar-refractivity contribution in [3.05, 3.63) is 155 Å². The molecule has 0 aliphatic heterocycles. The molecule has 0 aliphatic rings. The molecule has 0 saturated heterocycles. The van der Waals surface area contributed by atoms with Gasteiger partial charge in [0.2, 0.25) is 0 Å². The average molecular weight is 789 g/mol. The van der Waals surface area contributed by atoms with Gasteiger partial charge in [-0.15, -0.1) is 0 Å². The molecule has 0 unspecified atom stereocenters. The molecule has 0 radical (unpaired) electrons. The second-order valence-electron chi connectivity index (χ2n) is 12.6. The van der Waals surface area contributed by atoms with Crippen LogP contribution in [0.5, 0.6) is 0 Å². The topological polar surface area (TPSA) is 241 Å². The fraction of sp³-hybridized carbons (Fsp3) is 0.190. The smallest absolute Gasteiger partial charge is 0.329 e. The number of ether oxygens (including phenoxy) is 4. The van der Waals surface area contributed by atoms with Gasteiger partial charge < -0.3 is 41.0 Å². The van der Waals surface area contributed by atoms with Crippen LogP contribution in [0, 0.1) is 0 Å². The van der Waals surface area contributed by atoms with Crippen LogP contribution in [0.1, 0.15) is 56.1 Å². The number of rotatable bonds is 18. The lowest BCUT2D eigenvalue weighted by molar-refractivity contribution is -0.153. The summed E-state index contributed by atoms with van der Waals surface area (Å²) in [7, 11) is 0. The summed E-state index contributed by atoms with van der Waals surface area (Å²) < 4.78 is 21.4. The van der Waals surface area contributed by atoms with Gasteiger partial charge in [0.25, 0.3) is 11.8 Å². The first-order valence-electron chi connectivity index (χ1n) is 17.9. The number of nitrogens with two attached hydrogens (primary N) is 2. The Morgan fingerprint density at radius 2 is 0.724 bits per heavy atom. The Bertz CT molecular complexity index is 2040. The molecule has 0 bridgehead atoms. The Morgan fingerprint density at radius 1 is 0.448 bits per heavy atom. The number of esters is 4. The first-order chi connectivity index (χ1) is 28.0. The maximum atomic E-state index is 13.5. The maximum absolute atomic E-state index is 13.5. The SMILES string of the molecule is Nc1nc(C(=O)N[C@H](CC(=O)OCc2ccccc2)C(=O)OCc2ccccc2)c(N)nc1C(=O)N[C@H](CC(=O)OCc1ccccc1)C(=O)OCc1ccccc1. The Morgan fingerprint density at radius 3 is 1.02 bits per heavy atom. The van der Waals surface area contributed by atoms with Gasteiger partial charge in [-0.3, -0.25) is 19.2 Å². The molecule has 2 amide bonds. The zero-order valence-electron chi connectivity index (χ0n) is 31.1. The largest absolute Gasteiger partial charge is 0.461 e. The number of nitrogens with zero attached hydrogens (tertiary/aromatic N) is 2. The van der Waals surface area contributed by atoms with Crippen molar-refractivity contribution in [2.75, 3.05) is 11.5 Å². The quantitative estimate of drug-likeness (QED) is 0.0733. The number of amides is 2. The highest BCUT2D eigenvalue weighted by molar-refractivity contribution is 6.03. The third-order valence-corrected chi connectivity index (χ3v) is 8.23. The number of benzene rings is 4. The summed E-state index contributed by atoms with van der Waals surface area (Å²) in [4.78, 5) is 86.9. The van der Waals surface area contributed by atoms with E-state index in [2.05, 4.69) is 20.6 Å². The van der Waals surface area contributed by atoms with Crippen molar-refractivity contribution in [2.45, 2.75) is 51.4 Å². The van der Waals surface area contributed by atoms with Crippen LogP contribution in [0.3, 0.4) is 0 Å². The first-order valence-corrected chi connectivity index (χ1v) is 17.9. The molecule has 5 aromatic rings. The van der Waals surface area contributed by atoms with Crippen molar-refractivity contribution >= 4 is 47.3 Å². The summed E-state index contributed by atoms with van der Waals surface area (Å²) in [6, 6.07) is 32.0. The van der Waals surface area contributed by atoms with Gasteiger partial charge in [0.05, 0.1) is 12.8 Å². The van der Waals surface area contributed by atoms with Crippen LogP contribution in [-0.2, 0) is 64.6 Å². The zero-order valence-corrected chi connectivity index (χ0v) is 31.1. The van der Waals surface area contributed by atoms with Gasteiger partial charge >= 0.3 is 23.9 Å². The minimum Gasteiger partial charge on any atom is -0.461 e. The maximum Gasteiger partial charge on any atom is 0.329 e. The number of aromatic nitrogens is 2. The van der Waals surface area contributed by atoms with Gasteiger partial charge in [0.1, 0.15) is 38.5 Å². The van der Waals surface area contributed by atoms with E-state index in [1.807, 2.05) is 0 Å². The van der Waals surface area contributed by atoms with Crippen LogP contribution in [-0.4, -0.2) is 57.7 Å². The number of hydrogen-bond donors (Lipinski definition) is 4. The van der Waals surface area contributed by atoms with E-state index < -0.39 is 83.6 Å². The van der Waals surface area contributed by atoms with E-state index in [0.717, 1.165) is 0 Å². The van der Waals surface area contributed by atoms with E-state index in [0.29, 0.717) is 22.3 Å². The monoisotopic (exact) mass is 788 g/mol. The second-order valence-corrected chi connectivity index (χ2v) is 12.6. The van der Waals surface area contributed by atoms with Crippen molar-refractivity contribution in [3.8, 4) is 0 Å². The van der Waals surface area contributed by atoms with Gasteiger partial charge in [-0.25, -0.2) is 19.6 Å². The lowest BCUT2D eigenvalue weighted by atomic mass is 10.2. The summed E-state index contributed by atoms with van der Waals surface area (Å²) in [5.41, 5.74) is 13.7. The lowest BCUT2D eigenvalue weighted by Crippen LogP contribution is -2.45. The number of carbonyl (C=O) groups is 6. The van der Waals surface area contributed by atoms with Crippen molar-refractivity contribution in [1.82, 2.24) is 20.6 Å². The van der Waals surface area contributed by atoms with Crippen LogP contribution in [0.4, 0.5) is 11.6 Å². The molecule has 6 N–H and O–H groups in total. The van der Waals surface area contributed by atoms with Gasteiger partial charge in [0, 0.05) is 0 Å². The number of carbonyl (C=O) groups excluding carboxylic acids is 6. The number of nitrogen functional groups attached to an aromatic ring is 2. The van der Waals surface area contributed by atoms with Crippen molar-refractivity contribution in [3.63, 3.8) is 0 Å². The molecule has 0 aliphatic carbocycles. The van der Waals surface area contributed by atoms with Crippen LogP contribution in [0.15, 0.2) is 121 Å². The molecule has 0 fully saturated rings. The average Bonchev–Trinajstić information content (AvgIpc) is 3.24.